The molecule has 1 saturated carbocycles. The van der Waals surface area contributed by atoms with Crippen LogP contribution in [0.25, 0.3) is 0 Å². The highest BCUT2D eigenvalue weighted by molar-refractivity contribution is 5.83. The number of fused-ring (bicyclic) bond motifs is 1. The number of amides is 1. The molecule has 3 rings (SSSR count). The van der Waals surface area contributed by atoms with Gasteiger partial charge in [0.25, 0.3) is 0 Å². The van der Waals surface area contributed by atoms with E-state index in [-0.39, 0.29) is 18.6 Å². The molecule has 1 N–H and O–H groups in total. The van der Waals surface area contributed by atoms with Crippen LogP contribution >= 0.6 is 0 Å². The molecule has 1 amide bonds. The molecule has 0 bridgehead atoms. The lowest BCUT2D eigenvalue weighted by Crippen LogP contribution is -2.49. The minimum Gasteiger partial charge on any atom is -0.467 e. The van der Waals surface area contributed by atoms with Crippen LogP contribution in [0.1, 0.15) is 18.4 Å². The number of hydrogen-bond acceptors (Lipinski definition) is 5. The van der Waals surface area contributed by atoms with Gasteiger partial charge in [0.1, 0.15) is 6.61 Å². The summed E-state index contributed by atoms with van der Waals surface area (Å²) in [4.78, 5) is 25.6. The number of aliphatic hydroxyl groups is 1. The summed E-state index contributed by atoms with van der Waals surface area (Å²) in [5.41, 5.74) is 0.871. The van der Waals surface area contributed by atoms with Crippen LogP contribution in [0.4, 0.5) is 4.79 Å². The fourth-order valence-corrected chi connectivity index (χ4v) is 3.27. The van der Waals surface area contributed by atoms with E-state index in [1.807, 2.05) is 30.3 Å². The Kier molecular flexibility index (Phi) is 4.02. The van der Waals surface area contributed by atoms with Crippen LogP contribution in [0, 0.1) is 5.92 Å². The number of benzene rings is 1. The molecule has 0 spiro atoms. The van der Waals surface area contributed by atoms with Gasteiger partial charge in [-0.2, -0.15) is 0 Å². The van der Waals surface area contributed by atoms with Gasteiger partial charge in [-0.25, -0.2) is 9.59 Å². The molecule has 0 radical (unpaired) electrons. The average Bonchev–Trinajstić information content (AvgIpc) is 2.70. The van der Waals surface area contributed by atoms with Crippen LogP contribution < -0.4 is 0 Å². The second-order valence-corrected chi connectivity index (χ2v) is 5.71. The van der Waals surface area contributed by atoms with Crippen LogP contribution in [-0.4, -0.2) is 47.4 Å². The first-order chi connectivity index (χ1) is 10.6. The summed E-state index contributed by atoms with van der Waals surface area (Å²) in [6.45, 7) is 0.136. The third-order valence-electron chi connectivity index (χ3n) is 4.57. The van der Waals surface area contributed by atoms with Crippen molar-refractivity contribution < 1.29 is 24.2 Å². The maximum atomic E-state index is 12.4. The highest BCUT2D eigenvalue weighted by Gasteiger charge is 2.58. The number of methoxy groups -OCH3 is 1. The van der Waals surface area contributed by atoms with Crippen molar-refractivity contribution in [3.05, 3.63) is 35.9 Å². The molecule has 1 aromatic carbocycles. The Labute approximate surface area is 128 Å². The van der Waals surface area contributed by atoms with Crippen LogP contribution in [0.5, 0.6) is 0 Å². The van der Waals surface area contributed by atoms with E-state index >= 15 is 0 Å². The number of carbonyl (C=O) groups excluding carboxylic acids is 2. The number of likely N-dealkylation sites (tertiary alicyclic amines) is 1. The Bertz CT molecular complexity index is 561. The van der Waals surface area contributed by atoms with Crippen molar-refractivity contribution in [1.29, 1.82) is 0 Å². The average molecular weight is 305 g/mol. The van der Waals surface area contributed by atoms with Crippen LogP contribution in [0.15, 0.2) is 30.3 Å². The van der Waals surface area contributed by atoms with Gasteiger partial charge in [-0.3, -0.25) is 4.90 Å². The molecule has 1 heterocycles. The van der Waals surface area contributed by atoms with Crippen molar-refractivity contribution in [2.45, 2.75) is 37.6 Å². The molecule has 1 aromatic rings. The van der Waals surface area contributed by atoms with Crippen molar-refractivity contribution >= 4 is 12.1 Å². The Morgan fingerprint density at radius 2 is 2.00 bits per heavy atom. The highest BCUT2D eigenvalue weighted by Crippen LogP contribution is 2.44. The molecule has 1 aliphatic carbocycles. The van der Waals surface area contributed by atoms with Crippen LogP contribution in [0.2, 0.25) is 0 Å². The summed E-state index contributed by atoms with van der Waals surface area (Å²) in [5, 5.41) is 10.2. The van der Waals surface area contributed by atoms with Crippen molar-refractivity contribution in [3.63, 3.8) is 0 Å². The van der Waals surface area contributed by atoms with Crippen molar-refractivity contribution in [2.24, 2.45) is 5.92 Å². The zero-order valence-electron chi connectivity index (χ0n) is 12.3. The van der Waals surface area contributed by atoms with E-state index in [1.165, 1.54) is 12.0 Å². The molecule has 22 heavy (non-hydrogen) atoms. The van der Waals surface area contributed by atoms with Gasteiger partial charge in [0, 0.05) is 12.0 Å². The summed E-state index contributed by atoms with van der Waals surface area (Å²) in [7, 11) is 1.25. The van der Waals surface area contributed by atoms with Gasteiger partial charge >= 0.3 is 12.1 Å². The number of hydrogen-bond donors (Lipinski definition) is 1. The SMILES string of the molecule is COC(=O)C1C(O)C2CCC2N1C(=O)OCc1ccccc1. The molecule has 0 aromatic heterocycles. The summed E-state index contributed by atoms with van der Waals surface area (Å²) in [5.74, 6) is -0.660. The lowest BCUT2D eigenvalue weighted by Gasteiger charge is -2.35. The molecule has 2 fully saturated rings. The first-order valence-electron chi connectivity index (χ1n) is 7.38. The Hall–Kier alpha value is -2.08. The molecular formula is C16H19NO5. The van der Waals surface area contributed by atoms with Gasteiger partial charge in [-0.15, -0.1) is 0 Å². The molecule has 118 valence electrons. The van der Waals surface area contributed by atoms with E-state index < -0.39 is 24.2 Å². The second-order valence-electron chi connectivity index (χ2n) is 5.71. The first-order valence-corrected chi connectivity index (χ1v) is 7.38. The molecule has 4 atom stereocenters. The van der Waals surface area contributed by atoms with Gasteiger partial charge in [-0.1, -0.05) is 30.3 Å². The van der Waals surface area contributed by atoms with E-state index in [2.05, 4.69) is 0 Å². The lowest BCUT2D eigenvalue weighted by molar-refractivity contribution is -0.148. The summed E-state index contributed by atoms with van der Waals surface area (Å²) in [6, 6.07) is 8.22. The molecule has 6 heteroatoms. The van der Waals surface area contributed by atoms with Crippen molar-refractivity contribution in [1.82, 2.24) is 4.90 Å². The highest BCUT2D eigenvalue weighted by atomic mass is 16.6. The fourth-order valence-electron chi connectivity index (χ4n) is 3.27. The molecule has 6 nitrogen and oxygen atoms in total. The molecule has 1 aliphatic heterocycles. The van der Waals surface area contributed by atoms with Gasteiger partial charge in [0.15, 0.2) is 6.04 Å². The number of carbonyl (C=O) groups is 2. The third kappa shape index (κ3) is 2.43. The Morgan fingerprint density at radius 1 is 1.27 bits per heavy atom. The quantitative estimate of drug-likeness (QED) is 0.852. The summed E-state index contributed by atoms with van der Waals surface area (Å²) >= 11 is 0. The van der Waals surface area contributed by atoms with Gasteiger partial charge in [0.05, 0.1) is 13.2 Å². The second kappa shape index (κ2) is 5.96. The zero-order chi connectivity index (χ0) is 15.7. The third-order valence-corrected chi connectivity index (χ3v) is 4.57. The number of ether oxygens (including phenoxy) is 2. The predicted octanol–water partition coefficient (Wildman–Crippen LogP) is 1.32. The first kappa shape index (κ1) is 14.8. The summed E-state index contributed by atoms with van der Waals surface area (Å²) < 4.78 is 10.0. The maximum Gasteiger partial charge on any atom is 0.411 e. The van der Waals surface area contributed by atoms with E-state index in [9.17, 15) is 14.7 Å². The van der Waals surface area contributed by atoms with Gasteiger partial charge in [0.2, 0.25) is 0 Å². The summed E-state index contributed by atoms with van der Waals surface area (Å²) in [6.07, 6.45) is 0.123. The van der Waals surface area contributed by atoms with E-state index in [4.69, 9.17) is 9.47 Å². The van der Waals surface area contributed by atoms with Crippen LogP contribution in [0.3, 0.4) is 0 Å². The zero-order valence-corrected chi connectivity index (χ0v) is 12.3. The molecular weight excluding hydrogens is 286 g/mol. The smallest absolute Gasteiger partial charge is 0.411 e. The van der Waals surface area contributed by atoms with Gasteiger partial charge in [-0.05, 0) is 18.4 Å². The normalized spacial score (nSPS) is 29.5. The minimum absolute atomic E-state index is 0.0617. The van der Waals surface area contributed by atoms with Crippen LogP contribution in [-0.2, 0) is 20.9 Å². The monoisotopic (exact) mass is 305 g/mol. The number of esters is 1. The molecule has 1 saturated heterocycles. The fraction of sp³-hybridized carbons (Fsp3) is 0.500. The molecule has 4 unspecified atom stereocenters. The van der Waals surface area contributed by atoms with E-state index in [1.54, 1.807) is 0 Å². The topological polar surface area (TPSA) is 76.1 Å². The van der Waals surface area contributed by atoms with E-state index in [0.29, 0.717) is 0 Å². The number of aliphatic hydroxyl groups excluding tert-OH is 1. The Balaban J connectivity index is 1.70. The van der Waals surface area contributed by atoms with Crippen molar-refractivity contribution in [2.75, 3.05) is 7.11 Å². The number of rotatable bonds is 3. The standard InChI is InChI=1S/C16H19NO5/c1-21-15(19)13-14(18)11-7-8-12(11)17(13)16(20)22-9-10-5-3-2-4-6-10/h2-6,11-14,18H,7-9H2,1H3. The predicted molar refractivity (Wildman–Crippen MR) is 76.8 cm³/mol. The Morgan fingerprint density at radius 3 is 2.59 bits per heavy atom. The van der Waals surface area contributed by atoms with E-state index in [0.717, 1.165) is 18.4 Å². The largest absolute Gasteiger partial charge is 0.467 e. The maximum absolute atomic E-state index is 12.4. The minimum atomic E-state index is -0.967. The lowest BCUT2D eigenvalue weighted by atomic mass is 9.78. The van der Waals surface area contributed by atoms with Crippen molar-refractivity contribution in [3.8, 4) is 0 Å². The molecule has 2 aliphatic rings. The number of nitrogens with zero attached hydrogens (tertiary/aromatic N) is 1. The van der Waals surface area contributed by atoms with Gasteiger partial charge < -0.3 is 14.6 Å².